The van der Waals surface area contributed by atoms with Crippen LogP contribution in [0.25, 0.3) is 27.7 Å². The fraction of sp³-hybridized carbons (Fsp3) is 0.304. The molecule has 3 aromatic rings. The zero-order valence-corrected chi connectivity index (χ0v) is 16.5. The number of allylic oxidation sites excluding steroid dienone is 2. The molecular weight excluding hydrogens is 371 g/mol. The monoisotopic (exact) mass is 394 g/mol. The molecule has 0 aliphatic heterocycles. The Morgan fingerprint density at radius 3 is 2.93 bits per heavy atom. The number of hydrogen-bond donors (Lipinski definition) is 1. The number of rotatable bonds is 5. The molecule has 1 atom stereocenters. The van der Waals surface area contributed by atoms with E-state index in [1.165, 1.54) is 12.1 Å². The van der Waals surface area contributed by atoms with Gasteiger partial charge in [0.25, 0.3) is 0 Å². The number of halogens is 1. The van der Waals surface area contributed by atoms with Crippen LogP contribution in [0.3, 0.4) is 0 Å². The lowest BCUT2D eigenvalue weighted by atomic mass is 9.87. The van der Waals surface area contributed by atoms with Gasteiger partial charge in [-0.15, -0.1) is 0 Å². The Bertz CT molecular complexity index is 1090. The number of ether oxygens (including phenoxy) is 2. The molecule has 2 heterocycles. The SMILES string of the molecule is CCOC(=O)C1CCC=C(c2cc3c(-c4cc(F)ccc4OC)ccnc3[nH]2)C1. The number of carbonyl (C=O) groups is 1. The van der Waals surface area contributed by atoms with Crippen molar-refractivity contribution < 1.29 is 18.7 Å². The van der Waals surface area contributed by atoms with Crippen molar-refractivity contribution in [1.29, 1.82) is 0 Å². The molecule has 4 rings (SSSR count). The summed E-state index contributed by atoms with van der Waals surface area (Å²) in [6.45, 7) is 2.21. The van der Waals surface area contributed by atoms with Crippen molar-refractivity contribution >= 4 is 22.6 Å². The topological polar surface area (TPSA) is 64.2 Å². The van der Waals surface area contributed by atoms with Crippen molar-refractivity contribution in [2.45, 2.75) is 26.2 Å². The molecule has 0 spiro atoms. The van der Waals surface area contributed by atoms with Gasteiger partial charge in [-0.1, -0.05) is 6.08 Å². The van der Waals surface area contributed by atoms with Crippen LogP contribution in [0.4, 0.5) is 4.39 Å². The molecule has 1 aromatic carbocycles. The number of carbonyl (C=O) groups excluding carboxylic acids is 1. The van der Waals surface area contributed by atoms with Gasteiger partial charge in [0.15, 0.2) is 0 Å². The molecule has 0 bridgehead atoms. The van der Waals surface area contributed by atoms with Crippen molar-refractivity contribution in [2.75, 3.05) is 13.7 Å². The molecule has 0 amide bonds. The van der Waals surface area contributed by atoms with Crippen LogP contribution in [-0.2, 0) is 9.53 Å². The van der Waals surface area contributed by atoms with E-state index in [2.05, 4.69) is 16.0 Å². The van der Waals surface area contributed by atoms with E-state index in [1.807, 2.05) is 19.1 Å². The Kier molecular flexibility index (Phi) is 5.34. The fourth-order valence-corrected chi connectivity index (χ4v) is 3.92. The first-order valence-electron chi connectivity index (χ1n) is 9.78. The molecule has 1 aliphatic rings. The molecule has 0 radical (unpaired) electrons. The highest BCUT2D eigenvalue weighted by Gasteiger charge is 2.25. The summed E-state index contributed by atoms with van der Waals surface area (Å²) < 4.78 is 24.5. The Balaban J connectivity index is 1.73. The fourth-order valence-electron chi connectivity index (χ4n) is 3.92. The van der Waals surface area contributed by atoms with Gasteiger partial charge in [-0.2, -0.15) is 0 Å². The zero-order valence-electron chi connectivity index (χ0n) is 16.5. The van der Waals surface area contributed by atoms with Crippen LogP contribution >= 0.6 is 0 Å². The minimum absolute atomic E-state index is 0.128. The van der Waals surface area contributed by atoms with Crippen molar-refractivity contribution in [2.24, 2.45) is 5.92 Å². The van der Waals surface area contributed by atoms with Gasteiger partial charge in [0.1, 0.15) is 17.2 Å². The summed E-state index contributed by atoms with van der Waals surface area (Å²) in [5.74, 6) is 0.00400. The average Bonchev–Trinajstić information content (AvgIpc) is 3.18. The minimum atomic E-state index is -0.325. The third kappa shape index (κ3) is 3.75. The van der Waals surface area contributed by atoms with Crippen LogP contribution in [0, 0.1) is 11.7 Å². The van der Waals surface area contributed by atoms with Crippen LogP contribution in [0.1, 0.15) is 31.9 Å². The van der Waals surface area contributed by atoms with Gasteiger partial charge in [-0.05, 0) is 67.7 Å². The number of aromatic amines is 1. The van der Waals surface area contributed by atoms with Gasteiger partial charge in [0, 0.05) is 22.8 Å². The first kappa shape index (κ1) is 19.2. The summed E-state index contributed by atoms with van der Waals surface area (Å²) in [6.07, 6.45) is 6.10. The predicted octanol–water partition coefficient (Wildman–Crippen LogP) is 5.12. The number of nitrogens with one attached hydrogen (secondary N) is 1. The number of hydrogen-bond acceptors (Lipinski definition) is 4. The highest BCUT2D eigenvalue weighted by atomic mass is 19.1. The van der Waals surface area contributed by atoms with E-state index in [4.69, 9.17) is 9.47 Å². The van der Waals surface area contributed by atoms with Gasteiger partial charge in [-0.25, -0.2) is 9.37 Å². The number of aromatic nitrogens is 2. The molecule has 0 saturated carbocycles. The van der Waals surface area contributed by atoms with Crippen LogP contribution in [0.5, 0.6) is 5.75 Å². The summed E-state index contributed by atoms with van der Waals surface area (Å²) in [4.78, 5) is 20.0. The number of esters is 1. The van der Waals surface area contributed by atoms with Crippen molar-refractivity contribution in [3.05, 3.63) is 54.1 Å². The molecule has 1 N–H and O–H groups in total. The molecule has 29 heavy (non-hydrogen) atoms. The number of benzene rings is 1. The maximum atomic E-state index is 13.9. The molecule has 0 saturated heterocycles. The zero-order chi connectivity index (χ0) is 20.4. The maximum absolute atomic E-state index is 13.9. The Morgan fingerprint density at radius 1 is 1.28 bits per heavy atom. The Hall–Kier alpha value is -3.15. The quantitative estimate of drug-likeness (QED) is 0.610. The lowest BCUT2D eigenvalue weighted by Crippen LogP contribution is -2.20. The number of pyridine rings is 1. The van der Waals surface area contributed by atoms with Gasteiger partial charge in [0.2, 0.25) is 0 Å². The molecule has 6 heteroatoms. The summed E-state index contributed by atoms with van der Waals surface area (Å²) in [6, 6.07) is 8.34. The second-order valence-electron chi connectivity index (χ2n) is 7.11. The largest absolute Gasteiger partial charge is 0.496 e. The first-order valence-corrected chi connectivity index (χ1v) is 9.78. The van der Waals surface area contributed by atoms with Gasteiger partial charge in [0.05, 0.1) is 19.6 Å². The lowest BCUT2D eigenvalue weighted by molar-refractivity contribution is -0.148. The molecule has 1 aliphatic carbocycles. The average molecular weight is 394 g/mol. The second-order valence-corrected chi connectivity index (χ2v) is 7.11. The Labute approximate surface area is 168 Å². The minimum Gasteiger partial charge on any atom is -0.496 e. The molecule has 150 valence electrons. The van der Waals surface area contributed by atoms with Crippen LogP contribution in [0.2, 0.25) is 0 Å². The molecule has 0 fully saturated rings. The normalized spacial score (nSPS) is 16.5. The summed E-state index contributed by atoms with van der Waals surface area (Å²) >= 11 is 0. The van der Waals surface area contributed by atoms with E-state index in [1.54, 1.807) is 19.4 Å². The van der Waals surface area contributed by atoms with E-state index < -0.39 is 0 Å². The van der Waals surface area contributed by atoms with E-state index >= 15 is 0 Å². The van der Waals surface area contributed by atoms with Crippen LogP contribution in [0.15, 0.2) is 42.6 Å². The smallest absolute Gasteiger partial charge is 0.309 e. The first-order chi connectivity index (χ1) is 14.1. The third-order valence-corrected chi connectivity index (χ3v) is 5.32. The second kappa shape index (κ2) is 8.07. The van der Waals surface area contributed by atoms with E-state index in [0.29, 0.717) is 30.0 Å². The molecular formula is C23H23FN2O3. The summed E-state index contributed by atoms with van der Waals surface area (Å²) in [5, 5.41) is 0.880. The lowest BCUT2D eigenvalue weighted by Gasteiger charge is -2.20. The van der Waals surface area contributed by atoms with Gasteiger partial charge >= 0.3 is 5.97 Å². The maximum Gasteiger partial charge on any atom is 0.309 e. The highest BCUT2D eigenvalue weighted by molar-refractivity contribution is 5.97. The number of H-pyrrole nitrogens is 1. The third-order valence-electron chi connectivity index (χ3n) is 5.32. The van der Waals surface area contributed by atoms with Crippen LogP contribution in [-0.4, -0.2) is 29.7 Å². The highest BCUT2D eigenvalue weighted by Crippen LogP contribution is 2.38. The van der Waals surface area contributed by atoms with Crippen molar-refractivity contribution in [3.63, 3.8) is 0 Å². The Morgan fingerprint density at radius 2 is 2.14 bits per heavy atom. The number of fused-ring (bicyclic) bond motifs is 1. The van der Waals surface area contributed by atoms with Crippen molar-refractivity contribution in [1.82, 2.24) is 9.97 Å². The molecule has 5 nitrogen and oxygen atoms in total. The van der Waals surface area contributed by atoms with Gasteiger partial charge in [-0.3, -0.25) is 4.79 Å². The molecule has 2 aromatic heterocycles. The van der Waals surface area contributed by atoms with E-state index in [0.717, 1.165) is 35.1 Å². The van der Waals surface area contributed by atoms with Crippen LogP contribution < -0.4 is 4.74 Å². The predicted molar refractivity (Wildman–Crippen MR) is 110 cm³/mol. The van der Waals surface area contributed by atoms with Gasteiger partial charge < -0.3 is 14.5 Å². The van der Waals surface area contributed by atoms with E-state index in [-0.39, 0.29) is 17.7 Å². The number of methoxy groups -OCH3 is 1. The standard InChI is InChI=1S/C23H23FN2O3/c1-3-29-23(27)15-6-4-5-14(11-15)20-13-19-17(9-10-25-22(19)26-20)18-12-16(24)7-8-21(18)28-2/h5,7-10,12-13,15H,3-4,6,11H2,1-2H3,(H,25,26). The number of nitrogens with zero attached hydrogens (tertiary/aromatic N) is 1. The summed E-state index contributed by atoms with van der Waals surface area (Å²) in [7, 11) is 1.57. The molecule has 1 unspecified atom stereocenters. The van der Waals surface area contributed by atoms with Crippen molar-refractivity contribution in [3.8, 4) is 16.9 Å². The van der Waals surface area contributed by atoms with E-state index in [9.17, 15) is 9.18 Å². The summed E-state index contributed by atoms with van der Waals surface area (Å²) in [5.41, 5.74) is 4.22.